The summed E-state index contributed by atoms with van der Waals surface area (Å²) in [5.74, 6) is 0.821. The van der Waals surface area contributed by atoms with Crippen molar-refractivity contribution in [2.75, 3.05) is 38.5 Å². The zero-order valence-corrected chi connectivity index (χ0v) is 16.5. The number of hydrogen-bond acceptors (Lipinski definition) is 3. The predicted octanol–water partition coefficient (Wildman–Crippen LogP) is 3.01. The van der Waals surface area contributed by atoms with Crippen LogP contribution in [0.2, 0.25) is 0 Å². The number of anilines is 1. The number of nitrogens with zero attached hydrogens (tertiary/aromatic N) is 2. The Kier molecular flexibility index (Phi) is 8.62. The molecule has 25 heavy (non-hydrogen) atoms. The molecule has 0 unspecified atom stereocenters. The van der Waals surface area contributed by atoms with E-state index in [0.29, 0.717) is 11.8 Å². The lowest BCUT2D eigenvalue weighted by Gasteiger charge is -2.28. The monoisotopic (exact) mass is 347 g/mol. The normalized spacial score (nSPS) is 11.2. The molecule has 0 atom stereocenters. The summed E-state index contributed by atoms with van der Waals surface area (Å²) in [5, 5.41) is 2.86. The van der Waals surface area contributed by atoms with Gasteiger partial charge in [0.05, 0.1) is 13.1 Å². The molecule has 1 N–H and O–H groups in total. The molecule has 140 valence electrons. The summed E-state index contributed by atoms with van der Waals surface area (Å²) in [5.41, 5.74) is 1.92. The van der Waals surface area contributed by atoms with Gasteiger partial charge in [0.15, 0.2) is 0 Å². The van der Waals surface area contributed by atoms with Crippen LogP contribution in [0, 0.1) is 18.8 Å². The van der Waals surface area contributed by atoms with Crippen LogP contribution in [0.4, 0.5) is 5.69 Å². The third-order valence-electron chi connectivity index (χ3n) is 3.68. The molecule has 2 amide bonds. The number of carbonyl (C=O) groups excluding carboxylic acids is 2. The highest BCUT2D eigenvalue weighted by Gasteiger charge is 2.19. The molecule has 0 saturated carbocycles. The summed E-state index contributed by atoms with van der Waals surface area (Å²) in [6, 6.07) is 7.67. The van der Waals surface area contributed by atoms with Crippen LogP contribution in [0.3, 0.4) is 0 Å². The van der Waals surface area contributed by atoms with Gasteiger partial charge in [0, 0.05) is 18.8 Å². The van der Waals surface area contributed by atoms with Crippen LogP contribution in [0.25, 0.3) is 0 Å². The molecule has 0 spiro atoms. The number of nitrogens with one attached hydrogen (secondary N) is 1. The summed E-state index contributed by atoms with van der Waals surface area (Å²) in [6.07, 6.45) is 0. The van der Waals surface area contributed by atoms with Crippen LogP contribution in [0.15, 0.2) is 24.3 Å². The van der Waals surface area contributed by atoms with E-state index in [9.17, 15) is 9.59 Å². The van der Waals surface area contributed by atoms with Crippen LogP contribution in [-0.4, -0.2) is 54.8 Å². The number of amides is 2. The molecule has 1 rings (SSSR count). The first-order chi connectivity index (χ1) is 11.7. The topological polar surface area (TPSA) is 52.7 Å². The van der Waals surface area contributed by atoms with Crippen molar-refractivity contribution in [3.05, 3.63) is 29.8 Å². The number of carbonyl (C=O) groups is 2. The van der Waals surface area contributed by atoms with Gasteiger partial charge in [0.25, 0.3) is 0 Å². The van der Waals surface area contributed by atoms with E-state index in [1.54, 1.807) is 11.9 Å². The van der Waals surface area contributed by atoms with Crippen LogP contribution in [0.1, 0.15) is 33.3 Å². The van der Waals surface area contributed by atoms with Gasteiger partial charge in [-0.05, 0) is 37.9 Å². The molecule has 1 aromatic rings. The number of rotatable bonds is 9. The van der Waals surface area contributed by atoms with Crippen molar-refractivity contribution in [2.45, 2.75) is 34.6 Å². The maximum atomic E-state index is 12.6. The van der Waals surface area contributed by atoms with Gasteiger partial charge < -0.3 is 10.2 Å². The first-order valence-corrected chi connectivity index (χ1v) is 9.00. The van der Waals surface area contributed by atoms with Crippen molar-refractivity contribution in [1.29, 1.82) is 0 Å². The van der Waals surface area contributed by atoms with Crippen LogP contribution >= 0.6 is 0 Å². The molecule has 0 aliphatic rings. The molecule has 0 aromatic heterocycles. The highest BCUT2D eigenvalue weighted by molar-refractivity contribution is 5.92. The molecule has 0 saturated heterocycles. The second-order valence-corrected chi connectivity index (χ2v) is 7.67. The summed E-state index contributed by atoms with van der Waals surface area (Å²) in [6.45, 7) is 12.4. The highest BCUT2D eigenvalue weighted by atomic mass is 16.2. The van der Waals surface area contributed by atoms with E-state index in [4.69, 9.17) is 0 Å². The van der Waals surface area contributed by atoms with E-state index in [1.807, 2.05) is 36.1 Å². The number of likely N-dealkylation sites (N-methyl/N-ethyl adjacent to an activating group) is 1. The zero-order chi connectivity index (χ0) is 19.0. The number of aryl methyl sites for hydroxylation is 1. The van der Waals surface area contributed by atoms with Crippen molar-refractivity contribution in [3.8, 4) is 0 Å². The molecular weight excluding hydrogens is 314 g/mol. The van der Waals surface area contributed by atoms with E-state index < -0.39 is 0 Å². The molecule has 0 heterocycles. The molecule has 0 radical (unpaired) electrons. The van der Waals surface area contributed by atoms with Crippen LogP contribution < -0.4 is 5.32 Å². The van der Waals surface area contributed by atoms with Gasteiger partial charge in [-0.25, -0.2) is 0 Å². The SMILES string of the molecule is Cc1ccc(NC(=O)CN(C)CC(=O)N(CC(C)C)CC(C)C)cc1. The predicted molar refractivity (Wildman–Crippen MR) is 104 cm³/mol. The highest BCUT2D eigenvalue weighted by Crippen LogP contribution is 2.09. The molecule has 0 fully saturated rings. The lowest BCUT2D eigenvalue weighted by molar-refractivity contribution is -0.133. The standard InChI is InChI=1S/C20H33N3O2/c1-15(2)11-23(12-16(3)4)20(25)14-22(6)13-19(24)21-18-9-7-17(5)8-10-18/h7-10,15-16H,11-14H2,1-6H3,(H,21,24). The Hall–Kier alpha value is -1.88. The molecule has 5 nitrogen and oxygen atoms in total. The van der Waals surface area contributed by atoms with Gasteiger partial charge >= 0.3 is 0 Å². The van der Waals surface area contributed by atoms with Crippen LogP contribution in [0.5, 0.6) is 0 Å². The minimum Gasteiger partial charge on any atom is -0.341 e. The third kappa shape index (κ3) is 8.68. The fourth-order valence-corrected chi connectivity index (χ4v) is 2.63. The summed E-state index contributed by atoms with van der Waals surface area (Å²) in [4.78, 5) is 28.4. The van der Waals surface area contributed by atoms with Crippen LogP contribution in [-0.2, 0) is 9.59 Å². The summed E-state index contributed by atoms with van der Waals surface area (Å²) >= 11 is 0. The summed E-state index contributed by atoms with van der Waals surface area (Å²) in [7, 11) is 1.80. The van der Waals surface area contributed by atoms with Crippen molar-refractivity contribution in [3.63, 3.8) is 0 Å². The Morgan fingerprint density at radius 2 is 1.48 bits per heavy atom. The molecule has 0 aliphatic heterocycles. The second kappa shape index (κ2) is 10.2. The van der Waals surface area contributed by atoms with Gasteiger partial charge in [-0.3, -0.25) is 14.5 Å². The third-order valence-corrected chi connectivity index (χ3v) is 3.68. The average Bonchev–Trinajstić information content (AvgIpc) is 2.47. The Labute approximate surface area is 152 Å². The van der Waals surface area contributed by atoms with Gasteiger partial charge in [-0.15, -0.1) is 0 Å². The van der Waals surface area contributed by atoms with Gasteiger partial charge in [0.2, 0.25) is 11.8 Å². The van der Waals surface area contributed by atoms with Gasteiger partial charge in [-0.2, -0.15) is 0 Å². The second-order valence-electron chi connectivity index (χ2n) is 7.67. The molecule has 5 heteroatoms. The van der Waals surface area contributed by atoms with Gasteiger partial charge in [0.1, 0.15) is 0 Å². The van der Waals surface area contributed by atoms with E-state index >= 15 is 0 Å². The quantitative estimate of drug-likeness (QED) is 0.747. The minimum absolute atomic E-state index is 0.0769. The Bertz CT molecular complexity index is 543. The van der Waals surface area contributed by atoms with E-state index in [0.717, 1.165) is 24.3 Å². The Morgan fingerprint density at radius 1 is 0.960 bits per heavy atom. The smallest absolute Gasteiger partial charge is 0.238 e. The lowest BCUT2D eigenvalue weighted by atomic mass is 10.1. The minimum atomic E-state index is -0.113. The van der Waals surface area contributed by atoms with E-state index in [2.05, 4.69) is 33.0 Å². The van der Waals surface area contributed by atoms with Crippen molar-refractivity contribution in [1.82, 2.24) is 9.80 Å². The lowest BCUT2D eigenvalue weighted by Crippen LogP contribution is -2.44. The maximum Gasteiger partial charge on any atom is 0.238 e. The zero-order valence-electron chi connectivity index (χ0n) is 16.5. The first-order valence-electron chi connectivity index (χ1n) is 9.00. The summed E-state index contributed by atoms with van der Waals surface area (Å²) < 4.78 is 0. The van der Waals surface area contributed by atoms with E-state index in [1.165, 1.54) is 0 Å². The number of hydrogen-bond donors (Lipinski definition) is 1. The maximum absolute atomic E-state index is 12.6. The van der Waals surface area contributed by atoms with Gasteiger partial charge in [-0.1, -0.05) is 45.4 Å². The first kappa shape index (κ1) is 21.2. The van der Waals surface area contributed by atoms with Crippen molar-refractivity contribution < 1.29 is 9.59 Å². The largest absolute Gasteiger partial charge is 0.341 e. The molecular formula is C20H33N3O2. The molecule has 0 aliphatic carbocycles. The fourth-order valence-electron chi connectivity index (χ4n) is 2.63. The van der Waals surface area contributed by atoms with Crippen molar-refractivity contribution >= 4 is 17.5 Å². The molecule has 1 aromatic carbocycles. The van der Waals surface area contributed by atoms with Crippen molar-refractivity contribution in [2.24, 2.45) is 11.8 Å². The fraction of sp³-hybridized carbons (Fsp3) is 0.600. The Morgan fingerprint density at radius 3 is 1.96 bits per heavy atom. The molecule has 0 bridgehead atoms. The Balaban J connectivity index is 2.52. The van der Waals surface area contributed by atoms with E-state index in [-0.39, 0.29) is 24.9 Å². The average molecular weight is 348 g/mol. The number of benzene rings is 1.